The topological polar surface area (TPSA) is 29.3 Å². The molecular weight excluding hydrogens is 227 g/mol. The lowest BCUT2D eigenvalue weighted by Crippen LogP contribution is -2.40. The van der Waals surface area contributed by atoms with E-state index in [2.05, 4.69) is 32.6 Å². The summed E-state index contributed by atoms with van der Waals surface area (Å²) in [4.78, 5) is 2.35. The van der Waals surface area contributed by atoms with Gasteiger partial charge in [-0.25, -0.2) is 4.39 Å². The molecule has 0 radical (unpaired) electrons. The summed E-state index contributed by atoms with van der Waals surface area (Å²) in [6.07, 6.45) is 0. The van der Waals surface area contributed by atoms with Crippen molar-refractivity contribution in [3.05, 3.63) is 35.6 Å². The molecule has 1 rings (SSSR count). The third-order valence-corrected chi connectivity index (χ3v) is 3.10. The molecule has 0 saturated heterocycles. The number of nitrogens with two attached hydrogens (primary N) is 1. The highest BCUT2D eigenvalue weighted by atomic mass is 19.1. The summed E-state index contributed by atoms with van der Waals surface area (Å²) >= 11 is 0. The highest BCUT2D eigenvalue weighted by molar-refractivity contribution is 5.21. The van der Waals surface area contributed by atoms with E-state index < -0.39 is 0 Å². The summed E-state index contributed by atoms with van der Waals surface area (Å²) in [5, 5.41) is 0. The van der Waals surface area contributed by atoms with Gasteiger partial charge in [-0.1, -0.05) is 26.0 Å². The van der Waals surface area contributed by atoms with Crippen LogP contribution < -0.4 is 5.73 Å². The Kier molecular flexibility index (Phi) is 5.76. The average Bonchev–Trinajstić information content (AvgIpc) is 2.28. The predicted octanol–water partition coefficient (Wildman–Crippen LogP) is 3.19. The van der Waals surface area contributed by atoms with Crippen LogP contribution in [-0.2, 0) is 0 Å². The van der Waals surface area contributed by atoms with Crippen LogP contribution in [0.15, 0.2) is 24.3 Å². The number of benzene rings is 1. The van der Waals surface area contributed by atoms with Gasteiger partial charge in [0.2, 0.25) is 0 Å². The van der Waals surface area contributed by atoms with Crippen LogP contribution in [0.2, 0.25) is 0 Å². The van der Waals surface area contributed by atoms with E-state index >= 15 is 0 Å². The van der Waals surface area contributed by atoms with Gasteiger partial charge >= 0.3 is 0 Å². The Hall–Kier alpha value is -0.930. The molecule has 0 spiro atoms. The van der Waals surface area contributed by atoms with Gasteiger partial charge in [-0.05, 0) is 37.5 Å². The fourth-order valence-electron chi connectivity index (χ4n) is 2.30. The largest absolute Gasteiger partial charge is 0.329 e. The van der Waals surface area contributed by atoms with Crippen LogP contribution in [0.5, 0.6) is 0 Å². The molecule has 1 aromatic carbocycles. The van der Waals surface area contributed by atoms with E-state index in [0.29, 0.717) is 18.5 Å². The fraction of sp³-hybridized carbons (Fsp3) is 0.600. The number of hydrogen-bond acceptors (Lipinski definition) is 2. The summed E-state index contributed by atoms with van der Waals surface area (Å²) in [6.45, 7) is 10.2. The van der Waals surface area contributed by atoms with Crippen molar-refractivity contribution in [2.45, 2.75) is 39.8 Å². The second kappa shape index (κ2) is 6.86. The maximum atomic E-state index is 13.3. The van der Waals surface area contributed by atoms with Crippen molar-refractivity contribution in [2.24, 2.45) is 11.7 Å². The quantitative estimate of drug-likeness (QED) is 0.842. The highest BCUT2D eigenvalue weighted by Crippen LogP contribution is 2.23. The van der Waals surface area contributed by atoms with E-state index in [-0.39, 0.29) is 11.9 Å². The van der Waals surface area contributed by atoms with Crippen molar-refractivity contribution in [1.82, 2.24) is 4.90 Å². The van der Waals surface area contributed by atoms with Crippen LogP contribution in [0.3, 0.4) is 0 Å². The SMILES string of the molecule is CC(C)CN(C(C)C)C(CN)c1cccc(F)c1. The molecule has 2 nitrogen and oxygen atoms in total. The monoisotopic (exact) mass is 252 g/mol. The Labute approximate surface area is 110 Å². The van der Waals surface area contributed by atoms with Gasteiger partial charge in [0.1, 0.15) is 5.82 Å². The lowest BCUT2D eigenvalue weighted by molar-refractivity contribution is 0.138. The van der Waals surface area contributed by atoms with Gasteiger partial charge in [0, 0.05) is 25.2 Å². The van der Waals surface area contributed by atoms with Gasteiger partial charge in [-0.3, -0.25) is 4.90 Å². The zero-order chi connectivity index (χ0) is 13.7. The second-order valence-electron chi connectivity index (χ2n) is 5.49. The minimum absolute atomic E-state index is 0.0862. The molecule has 0 fully saturated rings. The van der Waals surface area contributed by atoms with Crippen molar-refractivity contribution in [3.63, 3.8) is 0 Å². The van der Waals surface area contributed by atoms with Crippen molar-refractivity contribution < 1.29 is 4.39 Å². The Balaban J connectivity index is 2.98. The van der Waals surface area contributed by atoms with Crippen molar-refractivity contribution in [2.75, 3.05) is 13.1 Å². The van der Waals surface area contributed by atoms with Crippen LogP contribution >= 0.6 is 0 Å². The molecule has 1 aromatic rings. The summed E-state index contributed by atoms with van der Waals surface area (Å²) in [6, 6.07) is 7.25. The van der Waals surface area contributed by atoms with E-state index in [1.165, 1.54) is 6.07 Å². The van der Waals surface area contributed by atoms with Crippen molar-refractivity contribution in [1.29, 1.82) is 0 Å². The third kappa shape index (κ3) is 4.07. The van der Waals surface area contributed by atoms with Gasteiger partial charge < -0.3 is 5.73 Å². The van der Waals surface area contributed by atoms with Crippen LogP contribution in [0, 0.1) is 11.7 Å². The highest BCUT2D eigenvalue weighted by Gasteiger charge is 2.22. The first kappa shape index (κ1) is 15.1. The van der Waals surface area contributed by atoms with E-state index in [1.807, 2.05) is 6.07 Å². The van der Waals surface area contributed by atoms with Crippen LogP contribution in [0.4, 0.5) is 4.39 Å². The maximum Gasteiger partial charge on any atom is 0.123 e. The van der Waals surface area contributed by atoms with Crippen LogP contribution in [-0.4, -0.2) is 24.0 Å². The Morgan fingerprint density at radius 1 is 1.22 bits per heavy atom. The summed E-state index contributed by atoms with van der Waals surface area (Å²) in [7, 11) is 0. The fourth-order valence-corrected chi connectivity index (χ4v) is 2.30. The molecule has 0 aliphatic carbocycles. The average molecular weight is 252 g/mol. The molecule has 3 heteroatoms. The van der Waals surface area contributed by atoms with Crippen molar-refractivity contribution >= 4 is 0 Å². The molecule has 0 aliphatic rings. The molecule has 1 unspecified atom stereocenters. The smallest absolute Gasteiger partial charge is 0.123 e. The molecule has 0 bridgehead atoms. The molecule has 18 heavy (non-hydrogen) atoms. The van der Waals surface area contributed by atoms with E-state index in [9.17, 15) is 4.39 Å². The van der Waals surface area contributed by atoms with E-state index in [4.69, 9.17) is 5.73 Å². The first-order chi connectivity index (χ1) is 8.45. The molecule has 0 aromatic heterocycles. The first-order valence-electron chi connectivity index (χ1n) is 6.67. The van der Waals surface area contributed by atoms with E-state index in [1.54, 1.807) is 12.1 Å². The Bertz CT molecular complexity index is 363. The molecule has 0 amide bonds. The number of rotatable bonds is 6. The summed E-state index contributed by atoms with van der Waals surface area (Å²) in [5.74, 6) is 0.370. The molecule has 1 atom stereocenters. The number of halogens is 1. The standard InChI is InChI=1S/C15H25FN2/c1-11(2)10-18(12(3)4)15(9-17)13-6-5-7-14(16)8-13/h5-8,11-12,15H,9-10,17H2,1-4H3. The summed E-state index contributed by atoms with van der Waals surface area (Å²) < 4.78 is 13.3. The normalized spacial score (nSPS) is 13.6. The maximum absolute atomic E-state index is 13.3. The molecule has 2 N–H and O–H groups in total. The molecule has 0 heterocycles. The molecule has 0 aliphatic heterocycles. The van der Waals surface area contributed by atoms with Gasteiger partial charge in [-0.2, -0.15) is 0 Å². The lowest BCUT2D eigenvalue weighted by Gasteiger charge is -2.36. The number of nitrogens with zero attached hydrogens (tertiary/aromatic N) is 1. The molecule has 102 valence electrons. The van der Waals surface area contributed by atoms with Gasteiger partial charge in [0.25, 0.3) is 0 Å². The third-order valence-electron chi connectivity index (χ3n) is 3.10. The zero-order valence-corrected chi connectivity index (χ0v) is 11.9. The predicted molar refractivity (Wildman–Crippen MR) is 74.9 cm³/mol. The van der Waals surface area contributed by atoms with Crippen LogP contribution in [0.25, 0.3) is 0 Å². The minimum atomic E-state index is -0.195. The summed E-state index contributed by atoms with van der Waals surface area (Å²) in [5.41, 5.74) is 6.87. The number of hydrogen-bond donors (Lipinski definition) is 1. The molecule has 0 saturated carbocycles. The van der Waals surface area contributed by atoms with E-state index in [0.717, 1.165) is 12.1 Å². The molecular formula is C15H25FN2. The first-order valence-corrected chi connectivity index (χ1v) is 6.67. The lowest BCUT2D eigenvalue weighted by atomic mass is 10.0. The van der Waals surface area contributed by atoms with Crippen LogP contribution in [0.1, 0.15) is 39.3 Å². The Morgan fingerprint density at radius 2 is 1.89 bits per heavy atom. The Morgan fingerprint density at radius 3 is 2.33 bits per heavy atom. The van der Waals surface area contributed by atoms with Crippen molar-refractivity contribution in [3.8, 4) is 0 Å². The second-order valence-corrected chi connectivity index (χ2v) is 5.49. The minimum Gasteiger partial charge on any atom is -0.329 e. The zero-order valence-electron chi connectivity index (χ0n) is 11.9. The van der Waals surface area contributed by atoms with Gasteiger partial charge in [-0.15, -0.1) is 0 Å². The van der Waals surface area contributed by atoms with Gasteiger partial charge in [0.15, 0.2) is 0 Å². The van der Waals surface area contributed by atoms with Gasteiger partial charge in [0.05, 0.1) is 0 Å².